The second-order valence-corrected chi connectivity index (χ2v) is 10.6. The fourth-order valence-corrected chi connectivity index (χ4v) is 7.54. The first-order chi connectivity index (χ1) is 12.3. The van der Waals surface area contributed by atoms with Crippen molar-refractivity contribution in [2.75, 3.05) is 27.2 Å². The van der Waals surface area contributed by atoms with Crippen LogP contribution >= 0.6 is 0 Å². The van der Waals surface area contributed by atoms with Gasteiger partial charge in [-0.05, 0) is 94.5 Å². The molecule has 0 N–H and O–H groups in total. The number of likely N-dealkylation sites (N-methyl/N-ethyl adjacent to an activating group) is 1. The lowest BCUT2D eigenvalue weighted by atomic mass is 9.45. The third kappa shape index (κ3) is 2.98. The minimum Gasteiger partial charge on any atom is -0.377 e. The first-order valence-electron chi connectivity index (χ1n) is 11.1. The van der Waals surface area contributed by atoms with Gasteiger partial charge < -0.3 is 9.64 Å². The van der Waals surface area contributed by atoms with Gasteiger partial charge in [0.2, 0.25) is 0 Å². The van der Waals surface area contributed by atoms with Crippen LogP contribution in [0.15, 0.2) is 0 Å². The van der Waals surface area contributed by atoms with Gasteiger partial charge >= 0.3 is 0 Å². The molecule has 148 valence electrons. The molecule has 4 aliphatic carbocycles. The van der Waals surface area contributed by atoms with E-state index in [0.717, 1.165) is 43.7 Å². The Kier molecular flexibility index (Phi) is 5.01. The first kappa shape index (κ1) is 18.9. The highest BCUT2D eigenvalue weighted by Crippen LogP contribution is 2.65. The van der Waals surface area contributed by atoms with Crippen LogP contribution in [0, 0.1) is 34.5 Å². The maximum atomic E-state index is 12.5. The van der Waals surface area contributed by atoms with Crippen LogP contribution in [0.1, 0.15) is 71.6 Å². The zero-order valence-corrected chi connectivity index (χ0v) is 17.4. The second-order valence-electron chi connectivity index (χ2n) is 10.6. The predicted octanol–water partition coefficient (Wildman–Crippen LogP) is 4.55. The van der Waals surface area contributed by atoms with Gasteiger partial charge in [0.25, 0.3) is 0 Å². The molecule has 3 heteroatoms. The van der Waals surface area contributed by atoms with Gasteiger partial charge in [-0.25, -0.2) is 0 Å². The number of carbonyl (C=O) groups excluding carboxylic acids is 1. The van der Waals surface area contributed by atoms with Gasteiger partial charge in [0.1, 0.15) is 5.78 Å². The van der Waals surface area contributed by atoms with Crippen LogP contribution in [0.5, 0.6) is 0 Å². The second kappa shape index (κ2) is 6.88. The molecule has 0 aliphatic heterocycles. The van der Waals surface area contributed by atoms with E-state index in [1.54, 1.807) is 0 Å². The van der Waals surface area contributed by atoms with E-state index in [-0.39, 0.29) is 5.41 Å². The molecular formula is C23H39NO2. The fraction of sp³-hybridized carbons (Fsp3) is 0.957. The highest BCUT2D eigenvalue weighted by molar-refractivity contribution is 5.87. The highest BCUT2D eigenvalue weighted by atomic mass is 16.5. The van der Waals surface area contributed by atoms with Gasteiger partial charge in [0, 0.05) is 18.4 Å². The van der Waals surface area contributed by atoms with Crippen molar-refractivity contribution < 1.29 is 9.53 Å². The van der Waals surface area contributed by atoms with Crippen molar-refractivity contribution in [2.24, 2.45) is 34.5 Å². The molecule has 0 aromatic carbocycles. The summed E-state index contributed by atoms with van der Waals surface area (Å²) in [6.45, 7) is 6.80. The van der Waals surface area contributed by atoms with Crippen molar-refractivity contribution in [1.29, 1.82) is 0 Å². The molecule has 3 nitrogen and oxygen atoms in total. The average molecular weight is 362 g/mol. The number of carbonyl (C=O) groups is 1. The Hall–Kier alpha value is -0.410. The Morgan fingerprint density at radius 2 is 1.85 bits per heavy atom. The third-order valence-corrected chi connectivity index (χ3v) is 9.22. The lowest BCUT2D eigenvalue weighted by Gasteiger charge is -2.60. The van der Waals surface area contributed by atoms with Crippen molar-refractivity contribution in [1.82, 2.24) is 4.90 Å². The number of hydrogen-bond acceptors (Lipinski definition) is 3. The Balaban J connectivity index is 1.43. The molecule has 4 saturated carbocycles. The quantitative estimate of drug-likeness (QED) is 0.736. The molecule has 0 saturated heterocycles. The molecule has 0 radical (unpaired) electrons. The molecule has 4 rings (SSSR count). The van der Waals surface area contributed by atoms with E-state index in [0.29, 0.717) is 23.2 Å². The molecule has 4 fully saturated rings. The molecule has 26 heavy (non-hydrogen) atoms. The Bertz CT molecular complexity index is 546. The summed E-state index contributed by atoms with van der Waals surface area (Å²) in [6.07, 6.45) is 11.5. The number of nitrogens with zero attached hydrogens (tertiary/aromatic N) is 1. The normalized spacial score (nSPS) is 48.2. The van der Waals surface area contributed by atoms with Crippen molar-refractivity contribution in [3.8, 4) is 0 Å². The minimum absolute atomic E-state index is 0.0247. The summed E-state index contributed by atoms with van der Waals surface area (Å²) in [5, 5.41) is 0. The van der Waals surface area contributed by atoms with E-state index in [1.165, 1.54) is 44.9 Å². The third-order valence-electron chi connectivity index (χ3n) is 9.22. The molecular weight excluding hydrogens is 322 g/mol. The number of ketones is 1. The van der Waals surface area contributed by atoms with Gasteiger partial charge in [-0.15, -0.1) is 0 Å². The summed E-state index contributed by atoms with van der Waals surface area (Å²) in [7, 11) is 4.24. The lowest BCUT2D eigenvalue weighted by Crippen LogP contribution is -2.54. The molecule has 0 bridgehead atoms. The summed E-state index contributed by atoms with van der Waals surface area (Å²) in [5.41, 5.74) is 0.522. The first-order valence-corrected chi connectivity index (χ1v) is 11.1. The van der Waals surface area contributed by atoms with Gasteiger partial charge in [-0.1, -0.05) is 13.8 Å². The predicted molar refractivity (Wildman–Crippen MR) is 105 cm³/mol. The number of ether oxygens (including phenoxy) is 1. The van der Waals surface area contributed by atoms with Gasteiger partial charge in [0.05, 0.1) is 12.7 Å². The van der Waals surface area contributed by atoms with Crippen LogP contribution in [-0.2, 0) is 9.53 Å². The highest BCUT2D eigenvalue weighted by Gasteiger charge is 2.60. The van der Waals surface area contributed by atoms with Crippen molar-refractivity contribution >= 4 is 5.78 Å². The summed E-state index contributed by atoms with van der Waals surface area (Å²) >= 11 is 0. The van der Waals surface area contributed by atoms with Crippen LogP contribution in [0.2, 0.25) is 0 Å². The van der Waals surface area contributed by atoms with E-state index in [4.69, 9.17) is 4.74 Å². The Labute approximate surface area is 160 Å². The van der Waals surface area contributed by atoms with E-state index in [9.17, 15) is 4.79 Å². The number of Topliss-reactive ketones (excluding diaryl/α,β-unsaturated/α-hetero) is 1. The van der Waals surface area contributed by atoms with Gasteiger partial charge in [-0.3, -0.25) is 4.79 Å². The molecule has 7 atom stereocenters. The maximum absolute atomic E-state index is 12.5. The minimum atomic E-state index is 0.0247. The van der Waals surface area contributed by atoms with Crippen molar-refractivity contribution in [3.05, 3.63) is 0 Å². The summed E-state index contributed by atoms with van der Waals surface area (Å²) < 4.78 is 6.24. The van der Waals surface area contributed by atoms with Crippen LogP contribution in [0.3, 0.4) is 0 Å². The lowest BCUT2D eigenvalue weighted by molar-refractivity contribution is -0.145. The van der Waals surface area contributed by atoms with Gasteiger partial charge in [0.15, 0.2) is 0 Å². The van der Waals surface area contributed by atoms with E-state index in [2.05, 4.69) is 32.8 Å². The van der Waals surface area contributed by atoms with E-state index >= 15 is 0 Å². The molecule has 1 unspecified atom stereocenters. The number of rotatable bonds is 4. The molecule has 4 aliphatic rings. The van der Waals surface area contributed by atoms with Crippen LogP contribution < -0.4 is 0 Å². The van der Waals surface area contributed by atoms with Crippen molar-refractivity contribution in [3.63, 3.8) is 0 Å². The average Bonchev–Trinajstić information content (AvgIpc) is 2.90. The van der Waals surface area contributed by atoms with E-state index < -0.39 is 0 Å². The summed E-state index contributed by atoms with van der Waals surface area (Å²) in [6, 6.07) is 0. The van der Waals surface area contributed by atoms with E-state index in [1.807, 2.05) is 0 Å². The molecule has 0 amide bonds. The van der Waals surface area contributed by atoms with Gasteiger partial charge in [-0.2, -0.15) is 0 Å². The van der Waals surface area contributed by atoms with Crippen molar-refractivity contribution in [2.45, 2.75) is 77.7 Å². The number of hydrogen-bond donors (Lipinski definition) is 0. The van der Waals surface area contributed by atoms with Crippen LogP contribution in [0.25, 0.3) is 0 Å². The maximum Gasteiger partial charge on any atom is 0.139 e. The molecule has 0 spiro atoms. The largest absolute Gasteiger partial charge is 0.377 e. The summed E-state index contributed by atoms with van der Waals surface area (Å²) in [5.74, 6) is 3.76. The zero-order chi connectivity index (χ0) is 18.5. The standard InChI is InChI=1S/C23H39NO2/c1-22-11-9-17(26-14-13-24(3)4)15-16(22)5-6-18-19-7-8-21(25)23(19,2)12-10-20(18)22/h16-20H,5-15H2,1-4H3/t16?,17-,18-,19-,20-,22-,23-/m0/s1. The molecule has 0 heterocycles. The fourth-order valence-electron chi connectivity index (χ4n) is 7.54. The van der Waals surface area contributed by atoms with Crippen LogP contribution in [0.4, 0.5) is 0 Å². The monoisotopic (exact) mass is 361 g/mol. The summed E-state index contributed by atoms with van der Waals surface area (Å²) in [4.78, 5) is 14.7. The van der Waals surface area contributed by atoms with Crippen LogP contribution in [-0.4, -0.2) is 44.0 Å². The zero-order valence-electron chi connectivity index (χ0n) is 17.4. The number of fused-ring (bicyclic) bond motifs is 5. The smallest absolute Gasteiger partial charge is 0.139 e. The topological polar surface area (TPSA) is 29.5 Å². The molecule has 0 aromatic rings. The Morgan fingerprint density at radius 3 is 2.62 bits per heavy atom. The molecule has 0 aromatic heterocycles. The SMILES string of the molecule is CN(C)CCO[C@H]1CC[C@@]2(C)C(CC[C@@H]3[C@@H]2CC[C@]2(C)C(=O)CC[C@@H]32)C1. The Morgan fingerprint density at radius 1 is 1.04 bits per heavy atom.